The molecule has 11 heavy (non-hydrogen) atoms. The van der Waals surface area contributed by atoms with Crippen LogP contribution in [0.25, 0.3) is 0 Å². The maximum atomic E-state index is 8.36. The van der Waals surface area contributed by atoms with Crippen molar-refractivity contribution < 1.29 is 5.11 Å². The monoisotopic (exact) mass is 148 g/mol. The summed E-state index contributed by atoms with van der Waals surface area (Å²) in [5.74, 6) is 10.9. The molecule has 0 saturated heterocycles. The van der Waals surface area contributed by atoms with Gasteiger partial charge >= 0.3 is 0 Å². The number of rotatable bonds is 3. The van der Waals surface area contributed by atoms with E-state index in [2.05, 4.69) is 23.7 Å². The molecule has 1 heteroatoms. The Labute approximate surface area is 68.1 Å². The molecule has 0 heterocycles. The van der Waals surface area contributed by atoms with E-state index < -0.39 is 0 Å². The van der Waals surface area contributed by atoms with Crippen molar-refractivity contribution in [1.29, 1.82) is 0 Å². The van der Waals surface area contributed by atoms with E-state index in [1.54, 1.807) is 13.0 Å². The van der Waals surface area contributed by atoms with Crippen LogP contribution in [0.4, 0.5) is 0 Å². The molecule has 0 saturated carbocycles. The minimum absolute atomic E-state index is 0.113. The van der Waals surface area contributed by atoms with Crippen LogP contribution in [0.2, 0.25) is 0 Å². The molecule has 0 aromatic rings. The van der Waals surface area contributed by atoms with E-state index in [-0.39, 0.29) is 6.61 Å². The van der Waals surface area contributed by atoms with Gasteiger partial charge in [-0.2, -0.15) is 0 Å². The van der Waals surface area contributed by atoms with Gasteiger partial charge < -0.3 is 5.11 Å². The second kappa shape index (κ2) is 8.82. The van der Waals surface area contributed by atoms with Crippen LogP contribution < -0.4 is 0 Å². The Hall–Kier alpha value is -1.18. The van der Waals surface area contributed by atoms with E-state index in [0.29, 0.717) is 0 Å². The number of unbranched alkanes of at least 4 members (excludes halogenated alkanes) is 1. The third-order valence-electron chi connectivity index (χ3n) is 0.984. The molecule has 0 bridgehead atoms. The highest BCUT2D eigenvalue weighted by Crippen LogP contribution is 1.87. The molecule has 0 aliphatic heterocycles. The summed E-state index contributed by atoms with van der Waals surface area (Å²) in [6, 6.07) is 0. The summed E-state index contributed by atoms with van der Waals surface area (Å²) in [7, 11) is 0. The highest BCUT2D eigenvalue weighted by Gasteiger charge is 1.73. The average molecular weight is 148 g/mol. The number of hydrogen-bond acceptors (Lipinski definition) is 1. The van der Waals surface area contributed by atoms with Crippen molar-refractivity contribution >= 4 is 0 Å². The molecule has 0 atom stereocenters. The Morgan fingerprint density at radius 2 is 2.09 bits per heavy atom. The van der Waals surface area contributed by atoms with Crippen LogP contribution in [0.5, 0.6) is 0 Å². The van der Waals surface area contributed by atoms with Crippen molar-refractivity contribution in [3.05, 3.63) is 12.2 Å². The Morgan fingerprint density at radius 3 is 2.73 bits per heavy atom. The summed E-state index contributed by atoms with van der Waals surface area (Å²) >= 11 is 0. The molecule has 1 N–H and O–H groups in total. The molecule has 0 aliphatic rings. The highest BCUT2D eigenvalue weighted by atomic mass is 16.2. The Bertz CT molecular complexity index is 217. The van der Waals surface area contributed by atoms with Crippen molar-refractivity contribution in [2.24, 2.45) is 0 Å². The highest BCUT2D eigenvalue weighted by molar-refractivity contribution is 5.24. The lowest BCUT2D eigenvalue weighted by Gasteiger charge is -1.80. The molecule has 0 aliphatic carbocycles. The van der Waals surface area contributed by atoms with Crippen molar-refractivity contribution in [3.8, 4) is 23.7 Å². The third-order valence-corrected chi connectivity index (χ3v) is 0.984. The molecule has 0 rings (SSSR count). The first kappa shape index (κ1) is 9.82. The van der Waals surface area contributed by atoms with Crippen molar-refractivity contribution in [3.63, 3.8) is 0 Å². The standard InChI is InChI=1S/C10H12O/c1-2-3-4-5-6-7-8-9-10-11/h8-9,11H,6-7,10H2,1H3/b9-8+. The zero-order chi connectivity index (χ0) is 8.36. The zero-order valence-corrected chi connectivity index (χ0v) is 6.72. The lowest BCUT2D eigenvalue weighted by Crippen LogP contribution is -1.71. The fraction of sp³-hybridized carbons (Fsp3) is 0.400. The smallest absolute Gasteiger partial charge is 0.0612 e. The molecule has 1 nitrogen and oxygen atoms in total. The van der Waals surface area contributed by atoms with E-state index in [0.717, 1.165) is 12.8 Å². The molecular formula is C10H12O. The molecule has 0 aromatic heterocycles. The maximum Gasteiger partial charge on any atom is 0.0612 e. The predicted molar refractivity (Wildman–Crippen MR) is 46.7 cm³/mol. The zero-order valence-electron chi connectivity index (χ0n) is 6.72. The van der Waals surface area contributed by atoms with E-state index in [1.807, 2.05) is 6.08 Å². The van der Waals surface area contributed by atoms with Crippen LogP contribution in [0, 0.1) is 23.7 Å². The fourth-order valence-electron chi connectivity index (χ4n) is 0.517. The molecule has 58 valence electrons. The summed E-state index contributed by atoms with van der Waals surface area (Å²) in [4.78, 5) is 0. The minimum atomic E-state index is 0.113. The van der Waals surface area contributed by atoms with E-state index >= 15 is 0 Å². The van der Waals surface area contributed by atoms with Gasteiger partial charge in [0.2, 0.25) is 0 Å². The van der Waals surface area contributed by atoms with Gasteiger partial charge in [0, 0.05) is 6.42 Å². The van der Waals surface area contributed by atoms with Crippen molar-refractivity contribution in [2.45, 2.75) is 19.8 Å². The van der Waals surface area contributed by atoms with E-state index in [1.165, 1.54) is 0 Å². The van der Waals surface area contributed by atoms with Gasteiger partial charge in [-0.05, 0) is 25.2 Å². The van der Waals surface area contributed by atoms with Gasteiger partial charge in [-0.15, -0.1) is 0 Å². The van der Waals surface area contributed by atoms with Crippen LogP contribution in [0.15, 0.2) is 12.2 Å². The summed E-state index contributed by atoms with van der Waals surface area (Å²) in [6.45, 7) is 1.88. The first-order valence-corrected chi connectivity index (χ1v) is 3.57. The summed E-state index contributed by atoms with van der Waals surface area (Å²) in [5.41, 5.74) is 0. The van der Waals surface area contributed by atoms with Gasteiger partial charge in [-0.1, -0.05) is 24.0 Å². The third kappa shape index (κ3) is 8.82. The molecule has 0 aromatic carbocycles. The molecular weight excluding hydrogens is 136 g/mol. The summed E-state index contributed by atoms with van der Waals surface area (Å²) < 4.78 is 0. The molecule has 0 radical (unpaired) electrons. The van der Waals surface area contributed by atoms with Crippen LogP contribution in [-0.2, 0) is 0 Å². The second-order valence-electron chi connectivity index (χ2n) is 1.87. The normalized spacial score (nSPS) is 8.18. The first-order chi connectivity index (χ1) is 5.41. The quantitative estimate of drug-likeness (QED) is 0.364. The molecule has 0 amide bonds. The maximum absolute atomic E-state index is 8.36. The minimum Gasteiger partial charge on any atom is -0.392 e. The van der Waals surface area contributed by atoms with Gasteiger partial charge in [0.15, 0.2) is 0 Å². The topological polar surface area (TPSA) is 20.2 Å². The van der Waals surface area contributed by atoms with Gasteiger partial charge in [0.05, 0.1) is 6.61 Å². The van der Waals surface area contributed by atoms with E-state index in [4.69, 9.17) is 5.11 Å². The Balaban J connectivity index is 3.34. The predicted octanol–water partition coefficient (Wildman–Crippen LogP) is 1.34. The van der Waals surface area contributed by atoms with Crippen LogP contribution >= 0.6 is 0 Å². The van der Waals surface area contributed by atoms with Crippen LogP contribution in [0.1, 0.15) is 19.8 Å². The van der Waals surface area contributed by atoms with Crippen LogP contribution in [0.3, 0.4) is 0 Å². The number of aliphatic hydroxyl groups excluding tert-OH is 1. The average Bonchev–Trinajstić information content (AvgIpc) is 2.03. The molecule has 0 spiro atoms. The largest absolute Gasteiger partial charge is 0.392 e. The Kier molecular flexibility index (Phi) is 7.87. The summed E-state index contributed by atoms with van der Waals surface area (Å²) in [6.07, 6.45) is 5.32. The van der Waals surface area contributed by atoms with Crippen molar-refractivity contribution in [2.75, 3.05) is 6.61 Å². The molecule has 0 unspecified atom stereocenters. The van der Waals surface area contributed by atoms with Gasteiger partial charge in [0.25, 0.3) is 0 Å². The lowest BCUT2D eigenvalue weighted by atomic mass is 10.3. The van der Waals surface area contributed by atoms with Gasteiger partial charge in [-0.25, -0.2) is 0 Å². The fourth-order valence-corrected chi connectivity index (χ4v) is 0.517. The van der Waals surface area contributed by atoms with Gasteiger partial charge in [-0.3, -0.25) is 0 Å². The Morgan fingerprint density at radius 1 is 1.27 bits per heavy atom. The SMILES string of the molecule is CC#CC#CCC/C=C/CO. The lowest BCUT2D eigenvalue weighted by molar-refractivity contribution is 0.342. The van der Waals surface area contributed by atoms with E-state index in [9.17, 15) is 0 Å². The van der Waals surface area contributed by atoms with Crippen molar-refractivity contribution in [1.82, 2.24) is 0 Å². The number of hydrogen-bond donors (Lipinski definition) is 1. The van der Waals surface area contributed by atoms with Gasteiger partial charge in [0.1, 0.15) is 0 Å². The second-order valence-corrected chi connectivity index (χ2v) is 1.87. The number of allylic oxidation sites excluding steroid dienone is 1. The molecule has 0 fully saturated rings. The van der Waals surface area contributed by atoms with Crippen LogP contribution in [-0.4, -0.2) is 11.7 Å². The summed E-state index contributed by atoms with van der Waals surface area (Å²) in [5, 5.41) is 8.36. The first-order valence-electron chi connectivity index (χ1n) is 3.57. The number of aliphatic hydroxyl groups is 1.